The Hall–Kier alpha value is -3.42. The zero-order valence-electron chi connectivity index (χ0n) is 16.7. The summed E-state index contributed by atoms with van der Waals surface area (Å²) in [5.74, 6) is 1.55. The highest BCUT2D eigenvalue weighted by molar-refractivity contribution is 5.73. The summed E-state index contributed by atoms with van der Waals surface area (Å²) in [6.45, 7) is 4.63. The smallest absolute Gasteiger partial charge is 0.225 e. The van der Waals surface area contributed by atoms with Crippen LogP contribution < -0.4 is 9.64 Å². The number of hydrogen-bond donors (Lipinski definition) is 0. The molecule has 0 N–H and O–H groups in total. The minimum Gasteiger partial charge on any atom is -0.494 e. The van der Waals surface area contributed by atoms with E-state index in [2.05, 4.69) is 15.0 Å². The van der Waals surface area contributed by atoms with E-state index in [1.807, 2.05) is 41.4 Å². The molecule has 0 aliphatic carbocycles. The Kier molecular flexibility index (Phi) is 5.41. The molecule has 0 spiro atoms. The molecule has 150 valence electrons. The molecule has 4 rings (SSSR count). The molecule has 0 unspecified atom stereocenters. The van der Waals surface area contributed by atoms with Gasteiger partial charge in [0.25, 0.3) is 0 Å². The van der Waals surface area contributed by atoms with Crippen molar-refractivity contribution in [3.05, 3.63) is 48.9 Å². The molecule has 0 atom stereocenters. The topological polar surface area (TPSA) is 76.4 Å². The van der Waals surface area contributed by atoms with Crippen molar-refractivity contribution in [1.82, 2.24) is 24.6 Å². The van der Waals surface area contributed by atoms with Crippen LogP contribution in [0.25, 0.3) is 16.9 Å². The van der Waals surface area contributed by atoms with Gasteiger partial charge in [-0.2, -0.15) is 5.10 Å². The molecule has 1 aliphatic rings. The van der Waals surface area contributed by atoms with E-state index in [-0.39, 0.29) is 5.91 Å². The van der Waals surface area contributed by atoms with Crippen LogP contribution in [-0.4, -0.2) is 63.8 Å². The van der Waals surface area contributed by atoms with Gasteiger partial charge in [-0.1, -0.05) is 12.1 Å². The fourth-order valence-corrected chi connectivity index (χ4v) is 3.50. The number of carbonyl (C=O) groups excluding carboxylic acids is 1. The van der Waals surface area contributed by atoms with Crippen molar-refractivity contribution in [2.75, 3.05) is 38.2 Å². The fraction of sp³-hybridized carbons (Fsp3) is 0.333. The Morgan fingerprint density at radius 1 is 1.10 bits per heavy atom. The molecule has 29 heavy (non-hydrogen) atoms. The summed E-state index contributed by atoms with van der Waals surface area (Å²) in [6, 6.07) is 9.62. The predicted molar refractivity (Wildman–Crippen MR) is 110 cm³/mol. The van der Waals surface area contributed by atoms with Gasteiger partial charge in [0.2, 0.25) is 11.9 Å². The number of carbonyl (C=O) groups is 1. The van der Waals surface area contributed by atoms with Crippen LogP contribution in [0.5, 0.6) is 5.75 Å². The van der Waals surface area contributed by atoms with E-state index in [9.17, 15) is 4.79 Å². The lowest BCUT2D eigenvalue weighted by molar-refractivity contribution is -0.128. The van der Waals surface area contributed by atoms with Crippen LogP contribution in [0.2, 0.25) is 0 Å². The number of benzene rings is 1. The third-order valence-corrected chi connectivity index (χ3v) is 5.08. The molecule has 1 saturated heterocycles. The van der Waals surface area contributed by atoms with Gasteiger partial charge in [-0.3, -0.25) is 4.79 Å². The molecule has 1 fully saturated rings. The number of methoxy groups -OCH3 is 1. The number of amides is 1. The highest BCUT2D eigenvalue weighted by Gasteiger charge is 2.19. The van der Waals surface area contributed by atoms with Gasteiger partial charge in [-0.25, -0.2) is 14.6 Å². The van der Waals surface area contributed by atoms with Crippen LogP contribution in [0.4, 0.5) is 5.95 Å². The molecule has 1 amide bonds. The van der Waals surface area contributed by atoms with Crippen molar-refractivity contribution in [2.45, 2.75) is 13.3 Å². The largest absolute Gasteiger partial charge is 0.494 e. The van der Waals surface area contributed by atoms with Gasteiger partial charge in [0.15, 0.2) is 0 Å². The van der Waals surface area contributed by atoms with E-state index in [1.165, 1.54) is 0 Å². The van der Waals surface area contributed by atoms with Crippen molar-refractivity contribution in [3.8, 4) is 22.7 Å². The van der Waals surface area contributed by atoms with Gasteiger partial charge in [-0.15, -0.1) is 0 Å². The number of hydrogen-bond acceptors (Lipinski definition) is 6. The van der Waals surface area contributed by atoms with Crippen molar-refractivity contribution in [1.29, 1.82) is 0 Å². The summed E-state index contributed by atoms with van der Waals surface area (Å²) in [6.07, 6.45) is 6.40. The van der Waals surface area contributed by atoms with E-state index >= 15 is 0 Å². The minimum absolute atomic E-state index is 0.116. The minimum atomic E-state index is 0.116. The SMILES string of the molecule is COc1ccccc1-n1cc(-c2ccnc(N3CCCN(C(C)=O)CC3)n2)cn1. The second-order valence-corrected chi connectivity index (χ2v) is 6.93. The van der Waals surface area contributed by atoms with Crippen LogP contribution in [-0.2, 0) is 4.79 Å². The molecule has 0 radical (unpaired) electrons. The third kappa shape index (κ3) is 4.06. The Morgan fingerprint density at radius 2 is 1.97 bits per heavy atom. The number of para-hydroxylation sites is 2. The molecule has 1 aliphatic heterocycles. The predicted octanol–water partition coefficient (Wildman–Crippen LogP) is 2.40. The molecular formula is C21H24N6O2. The first-order valence-electron chi connectivity index (χ1n) is 9.67. The summed E-state index contributed by atoms with van der Waals surface area (Å²) >= 11 is 0. The Bertz CT molecular complexity index is 1000. The van der Waals surface area contributed by atoms with Gasteiger partial charge >= 0.3 is 0 Å². The normalized spacial score (nSPS) is 14.6. The molecule has 0 bridgehead atoms. The number of anilines is 1. The fourth-order valence-electron chi connectivity index (χ4n) is 3.50. The Balaban J connectivity index is 1.57. The molecular weight excluding hydrogens is 368 g/mol. The van der Waals surface area contributed by atoms with E-state index in [0.29, 0.717) is 12.5 Å². The van der Waals surface area contributed by atoms with Gasteiger partial charge in [0.1, 0.15) is 11.4 Å². The maximum atomic E-state index is 11.7. The highest BCUT2D eigenvalue weighted by atomic mass is 16.5. The third-order valence-electron chi connectivity index (χ3n) is 5.08. The molecule has 3 aromatic rings. The second-order valence-electron chi connectivity index (χ2n) is 6.93. The summed E-state index contributed by atoms with van der Waals surface area (Å²) in [5, 5.41) is 4.48. The summed E-state index contributed by atoms with van der Waals surface area (Å²) < 4.78 is 7.21. The van der Waals surface area contributed by atoms with Crippen molar-refractivity contribution in [2.24, 2.45) is 0 Å². The van der Waals surface area contributed by atoms with Gasteiger partial charge in [0, 0.05) is 51.1 Å². The molecule has 2 aromatic heterocycles. The zero-order valence-corrected chi connectivity index (χ0v) is 16.7. The first-order valence-corrected chi connectivity index (χ1v) is 9.67. The monoisotopic (exact) mass is 392 g/mol. The zero-order chi connectivity index (χ0) is 20.2. The lowest BCUT2D eigenvalue weighted by Crippen LogP contribution is -2.34. The highest BCUT2D eigenvalue weighted by Crippen LogP contribution is 2.25. The number of ether oxygens (including phenoxy) is 1. The number of aromatic nitrogens is 4. The standard InChI is InChI=1S/C21H24N6O2/c1-16(28)25-10-5-11-26(13-12-25)21-22-9-8-18(24-21)17-14-23-27(15-17)19-6-3-4-7-20(19)29-2/h3-4,6-9,14-15H,5,10-13H2,1-2H3. The van der Waals surface area contributed by atoms with E-state index in [1.54, 1.807) is 31.1 Å². The van der Waals surface area contributed by atoms with Crippen LogP contribution in [0.3, 0.4) is 0 Å². The Labute approximate surface area is 169 Å². The van der Waals surface area contributed by atoms with E-state index in [4.69, 9.17) is 9.72 Å². The molecule has 3 heterocycles. The summed E-state index contributed by atoms with van der Waals surface area (Å²) in [5.41, 5.74) is 2.58. The lowest BCUT2D eigenvalue weighted by Gasteiger charge is -2.21. The lowest BCUT2D eigenvalue weighted by atomic mass is 10.2. The first kappa shape index (κ1) is 18.9. The number of nitrogens with zero attached hydrogens (tertiary/aromatic N) is 6. The quantitative estimate of drug-likeness (QED) is 0.679. The van der Waals surface area contributed by atoms with Crippen molar-refractivity contribution >= 4 is 11.9 Å². The summed E-state index contributed by atoms with van der Waals surface area (Å²) in [4.78, 5) is 24.9. The maximum Gasteiger partial charge on any atom is 0.225 e. The molecule has 1 aromatic carbocycles. The van der Waals surface area contributed by atoms with Crippen LogP contribution in [0, 0.1) is 0 Å². The van der Waals surface area contributed by atoms with Crippen LogP contribution in [0.1, 0.15) is 13.3 Å². The van der Waals surface area contributed by atoms with Crippen LogP contribution in [0.15, 0.2) is 48.9 Å². The molecule has 0 saturated carbocycles. The maximum absolute atomic E-state index is 11.7. The van der Waals surface area contributed by atoms with Gasteiger partial charge < -0.3 is 14.5 Å². The molecule has 8 nitrogen and oxygen atoms in total. The Morgan fingerprint density at radius 3 is 2.79 bits per heavy atom. The van der Waals surface area contributed by atoms with Gasteiger partial charge in [0.05, 0.1) is 19.0 Å². The van der Waals surface area contributed by atoms with Crippen molar-refractivity contribution in [3.63, 3.8) is 0 Å². The van der Waals surface area contributed by atoms with Crippen molar-refractivity contribution < 1.29 is 9.53 Å². The molecule has 8 heteroatoms. The van der Waals surface area contributed by atoms with E-state index in [0.717, 1.165) is 48.7 Å². The summed E-state index contributed by atoms with van der Waals surface area (Å²) in [7, 11) is 1.65. The van der Waals surface area contributed by atoms with Crippen LogP contribution >= 0.6 is 0 Å². The average Bonchev–Trinajstić information content (AvgIpc) is 3.11. The number of rotatable bonds is 4. The van der Waals surface area contributed by atoms with E-state index < -0.39 is 0 Å². The first-order chi connectivity index (χ1) is 14.2. The second kappa shape index (κ2) is 8.30. The average molecular weight is 392 g/mol. The van der Waals surface area contributed by atoms with Gasteiger partial charge in [-0.05, 0) is 24.6 Å².